The molecular weight excluding hydrogens is 261 g/mol. The third-order valence-electron chi connectivity index (χ3n) is 3.73. The number of ether oxygens (including phenoxy) is 1. The number of nitrogens with zero attached hydrogens (tertiary/aromatic N) is 1. The number of rotatable bonds is 7. The van der Waals surface area contributed by atoms with Gasteiger partial charge in [0.1, 0.15) is 0 Å². The van der Waals surface area contributed by atoms with E-state index in [2.05, 4.69) is 0 Å². The number of aliphatic carboxylic acids is 1. The molecule has 0 saturated heterocycles. The second-order valence-corrected chi connectivity index (χ2v) is 5.34. The Hall–Kier alpha value is -1.62. The van der Waals surface area contributed by atoms with Gasteiger partial charge >= 0.3 is 5.97 Å². The normalized spacial score (nSPS) is 16.2. The number of halogens is 1. The summed E-state index contributed by atoms with van der Waals surface area (Å²) in [6.07, 6.45) is 2.31. The van der Waals surface area contributed by atoms with Gasteiger partial charge in [-0.3, -0.25) is 9.69 Å². The minimum absolute atomic E-state index is 0.0225. The van der Waals surface area contributed by atoms with Crippen molar-refractivity contribution in [2.75, 3.05) is 20.2 Å². The summed E-state index contributed by atoms with van der Waals surface area (Å²) < 4.78 is 18.6. The first-order valence-corrected chi connectivity index (χ1v) is 6.80. The van der Waals surface area contributed by atoms with Crippen LogP contribution >= 0.6 is 0 Å². The molecule has 5 heteroatoms. The van der Waals surface area contributed by atoms with Crippen LogP contribution in [0, 0.1) is 11.7 Å². The fourth-order valence-electron chi connectivity index (χ4n) is 2.32. The average molecular weight is 281 g/mol. The van der Waals surface area contributed by atoms with Gasteiger partial charge in [-0.2, -0.15) is 0 Å². The molecule has 1 N–H and O–H groups in total. The molecule has 1 aromatic rings. The fraction of sp³-hybridized carbons (Fsp3) is 0.533. The number of carboxylic acid groups (broad SMARTS) is 1. The Morgan fingerprint density at radius 1 is 1.55 bits per heavy atom. The predicted molar refractivity (Wildman–Crippen MR) is 73.3 cm³/mol. The third-order valence-corrected chi connectivity index (χ3v) is 3.73. The summed E-state index contributed by atoms with van der Waals surface area (Å²) in [5.41, 5.74) is 0.769. The SMILES string of the molecule is COc1ccc(C(C)N(CC(=O)O)CC2CC2)cc1F. The van der Waals surface area contributed by atoms with Crippen molar-refractivity contribution in [2.24, 2.45) is 5.92 Å². The van der Waals surface area contributed by atoms with Crippen molar-refractivity contribution >= 4 is 5.97 Å². The maximum atomic E-state index is 13.8. The molecule has 1 aliphatic rings. The van der Waals surface area contributed by atoms with E-state index in [1.807, 2.05) is 11.8 Å². The topological polar surface area (TPSA) is 49.8 Å². The van der Waals surface area contributed by atoms with E-state index in [0.717, 1.165) is 24.9 Å². The summed E-state index contributed by atoms with van der Waals surface area (Å²) >= 11 is 0. The number of carboxylic acids is 1. The van der Waals surface area contributed by atoms with Crippen molar-refractivity contribution < 1.29 is 19.0 Å². The Kier molecular flexibility index (Phi) is 4.60. The lowest BCUT2D eigenvalue weighted by molar-refractivity contribution is -0.139. The van der Waals surface area contributed by atoms with Gasteiger partial charge in [0, 0.05) is 12.6 Å². The first-order chi connectivity index (χ1) is 9.51. The molecule has 1 saturated carbocycles. The summed E-state index contributed by atoms with van der Waals surface area (Å²) in [5, 5.41) is 9.01. The number of hydrogen-bond acceptors (Lipinski definition) is 3. The molecule has 0 amide bonds. The molecule has 0 radical (unpaired) electrons. The Balaban J connectivity index is 2.14. The fourth-order valence-corrected chi connectivity index (χ4v) is 2.32. The van der Waals surface area contributed by atoms with Crippen molar-refractivity contribution in [1.29, 1.82) is 0 Å². The highest BCUT2D eigenvalue weighted by Crippen LogP contribution is 2.33. The van der Waals surface area contributed by atoms with Crippen LogP contribution in [0.1, 0.15) is 31.4 Å². The molecule has 2 rings (SSSR count). The quantitative estimate of drug-likeness (QED) is 0.835. The standard InChI is InChI=1S/C15H20FNO3/c1-10(12-5-6-14(20-2)13(16)7-12)17(9-15(18)19)8-11-3-4-11/h5-7,10-11H,3-4,8-9H2,1-2H3,(H,18,19). The number of hydrogen-bond donors (Lipinski definition) is 1. The van der Waals surface area contributed by atoms with Crippen LogP contribution in [0.15, 0.2) is 18.2 Å². The van der Waals surface area contributed by atoms with Gasteiger partial charge in [-0.25, -0.2) is 4.39 Å². The molecule has 0 bridgehead atoms. The third kappa shape index (κ3) is 3.70. The van der Waals surface area contributed by atoms with Gasteiger partial charge in [0.2, 0.25) is 0 Å². The van der Waals surface area contributed by atoms with E-state index in [1.165, 1.54) is 13.2 Å². The van der Waals surface area contributed by atoms with E-state index >= 15 is 0 Å². The second kappa shape index (κ2) is 6.22. The minimum atomic E-state index is -0.855. The molecule has 1 aromatic carbocycles. The molecule has 0 aliphatic heterocycles. The molecule has 20 heavy (non-hydrogen) atoms. The smallest absolute Gasteiger partial charge is 0.317 e. The van der Waals surface area contributed by atoms with Crippen molar-refractivity contribution in [3.63, 3.8) is 0 Å². The predicted octanol–water partition coefficient (Wildman–Crippen LogP) is 2.69. The van der Waals surface area contributed by atoms with Crippen molar-refractivity contribution in [3.8, 4) is 5.75 Å². The van der Waals surface area contributed by atoms with Crippen LogP contribution in [0.25, 0.3) is 0 Å². The van der Waals surface area contributed by atoms with Gasteiger partial charge in [-0.1, -0.05) is 6.07 Å². The lowest BCUT2D eigenvalue weighted by Crippen LogP contribution is -2.34. The zero-order valence-electron chi connectivity index (χ0n) is 11.8. The van der Waals surface area contributed by atoms with Gasteiger partial charge in [0.15, 0.2) is 11.6 Å². The first-order valence-electron chi connectivity index (χ1n) is 6.80. The van der Waals surface area contributed by atoms with Crippen LogP contribution in [0.2, 0.25) is 0 Å². The lowest BCUT2D eigenvalue weighted by Gasteiger charge is -2.28. The van der Waals surface area contributed by atoms with Crippen LogP contribution in [-0.2, 0) is 4.79 Å². The molecule has 1 unspecified atom stereocenters. The lowest BCUT2D eigenvalue weighted by atomic mass is 10.1. The molecule has 0 heterocycles. The molecule has 0 spiro atoms. The van der Waals surface area contributed by atoms with Crippen molar-refractivity contribution in [3.05, 3.63) is 29.6 Å². The summed E-state index contributed by atoms with van der Waals surface area (Å²) in [5.74, 6) is -0.488. The maximum Gasteiger partial charge on any atom is 0.317 e. The highest BCUT2D eigenvalue weighted by molar-refractivity contribution is 5.69. The molecule has 1 atom stereocenters. The molecule has 1 fully saturated rings. The molecule has 0 aromatic heterocycles. The van der Waals surface area contributed by atoms with E-state index in [9.17, 15) is 9.18 Å². The van der Waals surface area contributed by atoms with Gasteiger partial charge in [0.05, 0.1) is 13.7 Å². The van der Waals surface area contributed by atoms with Crippen LogP contribution in [0.3, 0.4) is 0 Å². The van der Waals surface area contributed by atoms with E-state index < -0.39 is 11.8 Å². The molecule has 1 aliphatic carbocycles. The zero-order valence-corrected chi connectivity index (χ0v) is 11.8. The first kappa shape index (κ1) is 14.8. The van der Waals surface area contributed by atoms with Gasteiger partial charge in [-0.05, 0) is 43.4 Å². The number of methoxy groups -OCH3 is 1. The summed E-state index contributed by atoms with van der Waals surface area (Å²) in [7, 11) is 1.42. The number of carbonyl (C=O) groups is 1. The van der Waals surface area contributed by atoms with E-state index in [-0.39, 0.29) is 18.3 Å². The maximum absolute atomic E-state index is 13.8. The van der Waals surface area contributed by atoms with Gasteiger partial charge in [-0.15, -0.1) is 0 Å². The summed E-state index contributed by atoms with van der Waals surface area (Å²) in [6.45, 7) is 2.64. The van der Waals surface area contributed by atoms with Crippen LogP contribution in [-0.4, -0.2) is 36.2 Å². The average Bonchev–Trinajstić information content (AvgIpc) is 3.20. The second-order valence-electron chi connectivity index (χ2n) is 5.34. The zero-order chi connectivity index (χ0) is 14.7. The van der Waals surface area contributed by atoms with Gasteiger partial charge in [0.25, 0.3) is 0 Å². The Bertz CT molecular complexity index is 488. The van der Waals surface area contributed by atoms with Crippen LogP contribution < -0.4 is 4.74 Å². The molecule has 4 nitrogen and oxygen atoms in total. The summed E-state index contributed by atoms with van der Waals surface area (Å²) in [4.78, 5) is 12.9. The van der Waals surface area contributed by atoms with Crippen molar-refractivity contribution in [2.45, 2.75) is 25.8 Å². The Morgan fingerprint density at radius 2 is 2.25 bits per heavy atom. The van der Waals surface area contributed by atoms with E-state index in [0.29, 0.717) is 5.92 Å². The highest BCUT2D eigenvalue weighted by Gasteiger charge is 2.28. The Labute approximate surface area is 118 Å². The molecular formula is C15H20FNO3. The van der Waals surface area contributed by atoms with Gasteiger partial charge < -0.3 is 9.84 Å². The number of benzene rings is 1. The van der Waals surface area contributed by atoms with E-state index in [4.69, 9.17) is 9.84 Å². The molecule has 110 valence electrons. The summed E-state index contributed by atoms with van der Waals surface area (Å²) in [6, 6.07) is 4.66. The minimum Gasteiger partial charge on any atom is -0.494 e. The monoisotopic (exact) mass is 281 g/mol. The Morgan fingerprint density at radius 3 is 2.75 bits per heavy atom. The van der Waals surface area contributed by atoms with E-state index in [1.54, 1.807) is 12.1 Å². The van der Waals surface area contributed by atoms with Crippen molar-refractivity contribution in [1.82, 2.24) is 4.90 Å². The largest absolute Gasteiger partial charge is 0.494 e. The van der Waals surface area contributed by atoms with Crippen LogP contribution in [0.4, 0.5) is 4.39 Å². The highest BCUT2D eigenvalue weighted by atomic mass is 19.1. The van der Waals surface area contributed by atoms with Crippen LogP contribution in [0.5, 0.6) is 5.75 Å².